The second kappa shape index (κ2) is 8.79. The normalized spacial score (nSPS) is 10.4. The lowest BCUT2D eigenvalue weighted by Gasteiger charge is -2.08. The summed E-state index contributed by atoms with van der Waals surface area (Å²) in [6, 6.07) is 15.0. The number of rotatable bonds is 6. The number of esters is 1. The third-order valence-electron chi connectivity index (χ3n) is 3.86. The Morgan fingerprint density at radius 1 is 1.19 bits per heavy atom. The van der Waals surface area contributed by atoms with Crippen LogP contribution in [0.3, 0.4) is 0 Å². The molecule has 1 aromatic heterocycles. The number of nitrogens with zero attached hydrogens (tertiary/aromatic N) is 1. The lowest BCUT2D eigenvalue weighted by Crippen LogP contribution is -2.28. The summed E-state index contributed by atoms with van der Waals surface area (Å²) in [6.45, 7) is 2.01. The van der Waals surface area contributed by atoms with Gasteiger partial charge in [-0.3, -0.25) is 4.79 Å². The molecule has 0 radical (unpaired) electrons. The number of halogens is 1. The SMILES string of the molecule is Cc1ccccc1CNC(=O)COC(=O)c1csc(-c2cccc(Cl)c2)n1. The van der Waals surface area contributed by atoms with Crippen LogP contribution in [0.25, 0.3) is 10.6 Å². The van der Waals surface area contributed by atoms with Crippen molar-refractivity contribution >= 4 is 34.8 Å². The molecule has 0 aliphatic heterocycles. The summed E-state index contributed by atoms with van der Waals surface area (Å²) in [7, 11) is 0. The van der Waals surface area contributed by atoms with Crippen LogP contribution >= 0.6 is 22.9 Å². The third kappa shape index (κ3) is 5.15. The number of ether oxygens (including phenoxy) is 1. The van der Waals surface area contributed by atoms with Gasteiger partial charge in [-0.15, -0.1) is 11.3 Å². The second-order valence-corrected chi connectivity index (χ2v) is 7.12. The molecule has 0 aliphatic carbocycles. The Morgan fingerprint density at radius 3 is 2.78 bits per heavy atom. The number of aromatic nitrogens is 1. The standard InChI is InChI=1S/C20H17ClN2O3S/c1-13-5-2-3-6-15(13)10-22-18(24)11-26-20(25)17-12-27-19(23-17)14-7-4-8-16(21)9-14/h2-9,12H,10-11H2,1H3,(H,22,24). The van der Waals surface area contributed by atoms with Crippen molar-refractivity contribution in [1.82, 2.24) is 10.3 Å². The fourth-order valence-corrected chi connectivity index (χ4v) is 3.36. The number of nitrogens with one attached hydrogen (secondary N) is 1. The van der Waals surface area contributed by atoms with Gasteiger partial charge in [0.05, 0.1) is 0 Å². The molecule has 1 heterocycles. The number of aryl methyl sites for hydroxylation is 1. The zero-order valence-corrected chi connectivity index (χ0v) is 16.1. The average molecular weight is 401 g/mol. The zero-order chi connectivity index (χ0) is 19.2. The molecule has 0 bridgehead atoms. The van der Waals surface area contributed by atoms with Gasteiger partial charge in [0.15, 0.2) is 12.3 Å². The molecular weight excluding hydrogens is 384 g/mol. The van der Waals surface area contributed by atoms with E-state index in [0.717, 1.165) is 16.7 Å². The van der Waals surface area contributed by atoms with Crippen LogP contribution in [0.2, 0.25) is 5.02 Å². The monoisotopic (exact) mass is 400 g/mol. The summed E-state index contributed by atoms with van der Waals surface area (Å²) in [6.07, 6.45) is 0. The van der Waals surface area contributed by atoms with E-state index in [0.29, 0.717) is 16.6 Å². The number of carbonyl (C=O) groups excluding carboxylic acids is 2. The van der Waals surface area contributed by atoms with Gasteiger partial charge in [0.2, 0.25) is 0 Å². The van der Waals surface area contributed by atoms with Gasteiger partial charge < -0.3 is 10.1 Å². The molecule has 1 N–H and O–H groups in total. The van der Waals surface area contributed by atoms with Crippen molar-refractivity contribution in [2.24, 2.45) is 0 Å². The molecule has 0 spiro atoms. The highest BCUT2D eigenvalue weighted by Crippen LogP contribution is 2.26. The van der Waals surface area contributed by atoms with E-state index >= 15 is 0 Å². The molecule has 0 unspecified atom stereocenters. The van der Waals surface area contributed by atoms with Crippen molar-refractivity contribution < 1.29 is 14.3 Å². The highest BCUT2D eigenvalue weighted by atomic mass is 35.5. The largest absolute Gasteiger partial charge is 0.451 e. The van der Waals surface area contributed by atoms with Crippen LogP contribution in [0.5, 0.6) is 0 Å². The van der Waals surface area contributed by atoms with Crippen LogP contribution in [0.1, 0.15) is 21.6 Å². The van der Waals surface area contributed by atoms with Crippen LogP contribution < -0.4 is 5.32 Å². The molecule has 27 heavy (non-hydrogen) atoms. The number of hydrogen-bond donors (Lipinski definition) is 1. The molecule has 3 aromatic rings. The molecule has 3 rings (SSSR count). The van der Waals surface area contributed by atoms with Gasteiger partial charge in [0.1, 0.15) is 5.01 Å². The number of thiazole rings is 1. The molecule has 2 aromatic carbocycles. The van der Waals surface area contributed by atoms with E-state index in [4.69, 9.17) is 16.3 Å². The predicted molar refractivity (Wildman–Crippen MR) is 106 cm³/mol. The van der Waals surface area contributed by atoms with Gasteiger partial charge >= 0.3 is 5.97 Å². The van der Waals surface area contributed by atoms with Gasteiger partial charge in [-0.25, -0.2) is 9.78 Å². The van der Waals surface area contributed by atoms with Crippen LogP contribution in [-0.2, 0) is 16.1 Å². The van der Waals surface area contributed by atoms with E-state index < -0.39 is 5.97 Å². The van der Waals surface area contributed by atoms with Gasteiger partial charge in [-0.05, 0) is 30.2 Å². The quantitative estimate of drug-likeness (QED) is 0.628. The minimum Gasteiger partial charge on any atom is -0.451 e. The summed E-state index contributed by atoms with van der Waals surface area (Å²) in [5.41, 5.74) is 3.10. The molecule has 138 valence electrons. The molecular formula is C20H17ClN2O3S. The summed E-state index contributed by atoms with van der Waals surface area (Å²) < 4.78 is 5.05. The highest BCUT2D eigenvalue weighted by molar-refractivity contribution is 7.13. The third-order valence-corrected chi connectivity index (χ3v) is 4.98. The van der Waals surface area contributed by atoms with E-state index in [9.17, 15) is 9.59 Å². The summed E-state index contributed by atoms with van der Waals surface area (Å²) in [5, 5.41) is 5.59. The first-order valence-corrected chi connectivity index (χ1v) is 9.48. The summed E-state index contributed by atoms with van der Waals surface area (Å²) >= 11 is 7.29. The molecule has 1 amide bonds. The summed E-state index contributed by atoms with van der Waals surface area (Å²) in [4.78, 5) is 28.3. The topological polar surface area (TPSA) is 68.3 Å². The highest BCUT2D eigenvalue weighted by Gasteiger charge is 2.15. The van der Waals surface area contributed by atoms with E-state index in [2.05, 4.69) is 10.3 Å². The lowest BCUT2D eigenvalue weighted by atomic mass is 10.1. The lowest BCUT2D eigenvalue weighted by molar-refractivity contribution is -0.124. The Hall–Kier alpha value is -2.70. The van der Waals surface area contributed by atoms with E-state index in [1.165, 1.54) is 11.3 Å². The second-order valence-electron chi connectivity index (χ2n) is 5.83. The Morgan fingerprint density at radius 2 is 2.00 bits per heavy atom. The first kappa shape index (κ1) is 19.1. The van der Waals surface area contributed by atoms with Crippen LogP contribution in [0.4, 0.5) is 0 Å². The average Bonchev–Trinajstić information content (AvgIpc) is 3.16. The van der Waals surface area contributed by atoms with Crippen LogP contribution in [-0.4, -0.2) is 23.5 Å². The maximum Gasteiger partial charge on any atom is 0.358 e. The van der Waals surface area contributed by atoms with Crippen molar-refractivity contribution in [1.29, 1.82) is 0 Å². The Labute approximate surface area is 166 Å². The fourth-order valence-electron chi connectivity index (χ4n) is 2.38. The fraction of sp³-hybridized carbons (Fsp3) is 0.150. The van der Waals surface area contributed by atoms with Crippen molar-refractivity contribution in [3.05, 3.63) is 75.8 Å². The number of carbonyl (C=O) groups is 2. The molecule has 7 heteroatoms. The van der Waals surface area contributed by atoms with Crippen molar-refractivity contribution in [2.45, 2.75) is 13.5 Å². The van der Waals surface area contributed by atoms with Crippen molar-refractivity contribution in [2.75, 3.05) is 6.61 Å². The van der Waals surface area contributed by atoms with E-state index in [-0.39, 0.29) is 18.2 Å². The van der Waals surface area contributed by atoms with Crippen molar-refractivity contribution in [3.63, 3.8) is 0 Å². The zero-order valence-electron chi connectivity index (χ0n) is 14.6. The van der Waals surface area contributed by atoms with Crippen LogP contribution in [0.15, 0.2) is 53.9 Å². The molecule has 0 saturated carbocycles. The Bertz CT molecular complexity index is 971. The summed E-state index contributed by atoms with van der Waals surface area (Å²) in [5.74, 6) is -0.998. The minimum absolute atomic E-state index is 0.168. The Kier molecular flexibility index (Phi) is 6.21. The Balaban J connectivity index is 1.52. The number of amides is 1. The molecule has 0 aliphatic rings. The smallest absolute Gasteiger partial charge is 0.358 e. The maximum atomic E-state index is 12.1. The minimum atomic E-state index is -0.634. The maximum absolute atomic E-state index is 12.1. The predicted octanol–water partition coefficient (Wildman–Crippen LogP) is 4.25. The van der Waals surface area contributed by atoms with Gasteiger partial charge in [-0.1, -0.05) is 48.0 Å². The number of benzene rings is 2. The molecule has 0 fully saturated rings. The van der Waals surface area contributed by atoms with Gasteiger partial charge in [-0.2, -0.15) is 0 Å². The van der Waals surface area contributed by atoms with Crippen LogP contribution in [0, 0.1) is 6.92 Å². The van der Waals surface area contributed by atoms with Gasteiger partial charge in [0, 0.05) is 22.5 Å². The van der Waals surface area contributed by atoms with E-state index in [1.807, 2.05) is 43.3 Å². The first-order chi connectivity index (χ1) is 13.0. The van der Waals surface area contributed by atoms with Crippen molar-refractivity contribution in [3.8, 4) is 10.6 Å². The molecule has 0 saturated heterocycles. The molecule has 0 atom stereocenters. The first-order valence-electron chi connectivity index (χ1n) is 8.23. The van der Waals surface area contributed by atoms with Gasteiger partial charge in [0.25, 0.3) is 5.91 Å². The number of hydrogen-bond acceptors (Lipinski definition) is 5. The molecule has 5 nitrogen and oxygen atoms in total. The van der Waals surface area contributed by atoms with E-state index in [1.54, 1.807) is 17.5 Å².